The summed E-state index contributed by atoms with van der Waals surface area (Å²) in [5, 5.41) is 0. The van der Waals surface area contributed by atoms with Gasteiger partial charge in [-0.25, -0.2) is 0 Å². The molecule has 0 aromatic heterocycles. The van der Waals surface area contributed by atoms with E-state index in [1.165, 1.54) is 0 Å². The molecule has 2 saturated heterocycles. The number of piperazine rings is 1. The van der Waals surface area contributed by atoms with Crippen molar-refractivity contribution in [2.75, 3.05) is 20.1 Å². The van der Waals surface area contributed by atoms with Crippen LogP contribution in [0.5, 0.6) is 0 Å². The van der Waals surface area contributed by atoms with Gasteiger partial charge in [-0.05, 0) is 26.3 Å². The molecule has 13 heavy (non-hydrogen) atoms. The highest BCUT2D eigenvalue weighted by Crippen LogP contribution is 2.28. The van der Waals surface area contributed by atoms with Gasteiger partial charge in [0.1, 0.15) is 0 Å². The van der Waals surface area contributed by atoms with Crippen molar-refractivity contribution in [1.29, 1.82) is 0 Å². The van der Waals surface area contributed by atoms with Gasteiger partial charge in [0.25, 0.3) is 5.91 Å². The maximum atomic E-state index is 11.5. The molecule has 0 unspecified atom stereocenters. The van der Waals surface area contributed by atoms with Gasteiger partial charge in [0.2, 0.25) is 0 Å². The molecule has 2 heterocycles. The summed E-state index contributed by atoms with van der Waals surface area (Å²) in [7, 11) is 2.12. The predicted octanol–water partition coefficient (Wildman–Crippen LogP) is -0.0754. The summed E-state index contributed by atoms with van der Waals surface area (Å²) in [4.78, 5) is 15.7. The fourth-order valence-electron chi connectivity index (χ4n) is 2.29. The first kappa shape index (κ1) is 8.58. The van der Waals surface area contributed by atoms with Gasteiger partial charge in [-0.2, -0.15) is 0 Å². The van der Waals surface area contributed by atoms with Gasteiger partial charge in [0, 0.05) is 25.2 Å². The highest BCUT2D eigenvalue weighted by atomic mass is 16.2. The van der Waals surface area contributed by atoms with Gasteiger partial charge in [-0.15, -0.1) is 0 Å². The lowest BCUT2D eigenvalue weighted by atomic mass is 10.2. The summed E-state index contributed by atoms with van der Waals surface area (Å²) in [6.45, 7) is 3.59. The number of carbonyl (C=O) groups excluding carboxylic acids is 1. The lowest BCUT2D eigenvalue weighted by Gasteiger charge is -2.30. The normalized spacial score (nSPS) is 31.7. The predicted molar refractivity (Wildman–Crippen MR) is 50.0 cm³/mol. The Morgan fingerprint density at radius 2 is 2.15 bits per heavy atom. The summed E-state index contributed by atoms with van der Waals surface area (Å²) in [5.74, 6) is 5.27. The Labute approximate surface area is 78.7 Å². The number of rotatable bonds is 0. The Kier molecular flexibility index (Phi) is 2.01. The zero-order valence-corrected chi connectivity index (χ0v) is 8.08. The van der Waals surface area contributed by atoms with E-state index in [9.17, 15) is 4.79 Å². The zero-order chi connectivity index (χ0) is 9.42. The Balaban J connectivity index is 2.05. The molecular formula is C10H14N2O. The minimum atomic E-state index is 0.00287. The lowest BCUT2D eigenvalue weighted by molar-refractivity contribution is -0.127. The Bertz CT molecular complexity index is 287. The minimum absolute atomic E-state index is 0.00287. The Hall–Kier alpha value is -1.01. The maximum Gasteiger partial charge on any atom is 0.298 e. The summed E-state index contributed by atoms with van der Waals surface area (Å²) in [5.41, 5.74) is 0. The van der Waals surface area contributed by atoms with E-state index >= 15 is 0 Å². The molecule has 0 N–H and O–H groups in total. The van der Waals surface area contributed by atoms with Crippen LogP contribution in [0.2, 0.25) is 0 Å². The molecule has 0 spiro atoms. The molecule has 3 heteroatoms. The molecule has 2 aliphatic heterocycles. The van der Waals surface area contributed by atoms with E-state index in [2.05, 4.69) is 23.8 Å². The van der Waals surface area contributed by atoms with Crippen LogP contribution >= 0.6 is 0 Å². The van der Waals surface area contributed by atoms with Crippen LogP contribution in [0.3, 0.4) is 0 Å². The van der Waals surface area contributed by atoms with Crippen molar-refractivity contribution in [3.05, 3.63) is 0 Å². The van der Waals surface area contributed by atoms with Crippen LogP contribution in [0.4, 0.5) is 0 Å². The van der Waals surface area contributed by atoms with Crippen LogP contribution in [0.1, 0.15) is 13.3 Å². The summed E-state index contributed by atoms with van der Waals surface area (Å²) in [6.07, 6.45) is 1.13. The summed E-state index contributed by atoms with van der Waals surface area (Å²) < 4.78 is 0. The van der Waals surface area contributed by atoms with E-state index in [1.54, 1.807) is 6.92 Å². The third-order valence-electron chi connectivity index (χ3n) is 3.01. The SMILES string of the molecule is CC#CC(=O)N1C[C@@H]2C[C@H]1CN2C. The van der Waals surface area contributed by atoms with Gasteiger partial charge < -0.3 is 4.90 Å². The van der Waals surface area contributed by atoms with E-state index in [0.29, 0.717) is 12.1 Å². The van der Waals surface area contributed by atoms with Crippen molar-refractivity contribution < 1.29 is 4.79 Å². The number of hydrogen-bond donors (Lipinski definition) is 0. The van der Waals surface area contributed by atoms with Crippen molar-refractivity contribution in [3.8, 4) is 11.8 Å². The van der Waals surface area contributed by atoms with Gasteiger partial charge >= 0.3 is 0 Å². The van der Waals surface area contributed by atoms with E-state index in [4.69, 9.17) is 0 Å². The van der Waals surface area contributed by atoms with Crippen LogP contribution in [-0.2, 0) is 4.79 Å². The molecule has 2 fully saturated rings. The Morgan fingerprint density at radius 1 is 1.38 bits per heavy atom. The number of amides is 1. The van der Waals surface area contributed by atoms with Crippen molar-refractivity contribution in [3.63, 3.8) is 0 Å². The van der Waals surface area contributed by atoms with Crippen LogP contribution in [-0.4, -0.2) is 47.9 Å². The van der Waals surface area contributed by atoms with Crippen LogP contribution in [0.25, 0.3) is 0 Å². The van der Waals surface area contributed by atoms with Crippen molar-refractivity contribution in [2.24, 2.45) is 0 Å². The molecule has 3 nitrogen and oxygen atoms in total. The van der Waals surface area contributed by atoms with Gasteiger partial charge in [-0.1, -0.05) is 5.92 Å². The maximum absolute atomic E-state index is 11.5. The molecule has 2 rings (SSSR count). The standard InChI is InChI=1S/C10H14N2O/c1-3-4-10(13)12-7-8-5-9(12)6-11(8)2/h8-9H,5-7H2,1-2H3/t8-,9-/m0/s1. The molecule has 2 atom stereocenters. The van der Waals surface area contributed by atoms with E-state index in [1.807, 2.05) is 4.90 Å². The topological polar surface area (TPSA) is 23.6 Å². The van der Waals surface area contributed by atoms with Crippen LogP contribution < -0.4 is 0 Å². The molecule has 70 valence electrons. The second-order valence-corrected chi connectivity index (χ2v) is 3.82. The van der Waals surface area contributed by atoms with E-state index < -0.39 is 0 Å². The van der Waals surface area contributed by atoms with Gasteiger partial charge in [-0.3, -0.25) is 9.69 Å². The number of likely N-dealkylation sites (tertiary alicyclic amines) is 2. The molecule has 0 radical (unpaired) electrons. The first-order valence-electron chi connectivity index (χ1n) is 4.66. The highest BCUT2D eigenvalue weighted by molar-refractivity contribution is 5.94. The second kappa shape index (κ2) is 3.04. The minimum Gasteiger partial charge on any atom is -0.326 e. The molecule has 0 saturated carbocycles. The summed E-state index contributed by atoms with van der Waals surface area (Å²) in [6, 6.07) is 0.996. The number of carbonyl (C=O) groups is 1. The summed E-state index contributed by atoms with van der Waals surface area (Å²) >= 11 is 0. The molecule has 0 aliphatic carbocycles. The smallest absolute Gasteiger partial charge is 0.298 e. The number of nitrogens with zero attached hydrogens (tertiary/aromatic N) is 2. The average molecular weight is 178 g/mol. The zero-order valence-electron chi connectivity index (χ0n) is 8.08. The van der Waals surface area contributed by atoms with E-state index in [0.717, 1.165) is 19.5 Å². The molecule has 0 aromatic carbocycles. The molecular weight excluding hydrogens is 164 g/mol. The van der Waals surface area contributed by atoms with Gasteiger partial charge in [0.05, 0.1) is 0 Å². The Morgan fingerprint density at radius 3 is 2.62 bits per heavy atom. The third kappa shape index (κ3) is 1.31. The largest absolute Gasteiger partial charge is 0.326 e. The monoisotopic (exact) mass is 178 g/mol. The fraction of sp³-hybridized carbons (Fsp3) is 0.700. The van der Waals surface area contributed by atoms with Crippen LogP contribution in [0, 0.1) is 11.8 Å². The quantitative estimate of drug-likeness (QED) is 0.485. The molecule has 2 bridgehead atoms. The first-order valence-corrected chi connectivity index (χ1v) is 4.66. The number of likely N-dealkylation sites (N-methyl/N-ethyl adjacent to an activating group) is 1. The van der Waals surface area contributed by atoms with Crippen molar-refractivity contribution >= 4 is 5.91 Å². The fourth-order valence-corrected chi connectivity index (χ4v) is 2.29. The van der Waals surface area contributed by atoms with E-state index in [-0.39, 0.29) is 5.91 Å². The van der Waals surface area contributed by atoms with Gasteiger partial charge in [0.15, 0.2) is 0 Å². The van der Waals surface area contributed by atoms with Crippen molar-refractivity contribution in [1.82, 2.24) is 9.80 Å². The molecule has 2 aliphatic rings. The third-order valence-corrected chi connectivity index (χ3v) is 3.01. The lowest BCUT2D eigenvalue weighted by Crippen LogP contribution is -2.46. The average Bonchev–Trinajstić information content (AvgIpc) is 2.62. The highest BCUT2D eigenvalue weighted by Gasteiger charge is 2.43. The molecule has 0 aromatic rings. The number of fused-ring (bicyclic) bond motifs is 2. The molecule has 1 amide bonds. The second-order valence-electron chi connectivity index (χ2n) is 3.82. The van der Waals surface area contributed by atoms with Crippen LogP contribution in [0.15, 0.2) is 0 Å². The van der Waals surface area contributed by atoms with Crippen molar-refractivity contribution in [2.45, 2.75) is 25.4 Å². The number of hydrogen-bond acceptors (Lipinski definition) is 2. The first-order chi connectivity index (χ1) is 6.22.